The molecule has 65 heavy (non-hydrogen) atoms. The first-order valence-corrected chi connectivity index (χ1v) is 27.4. The van der Waals surface area contributed by atoms with Gasteiger partial charge in [0.1, 0.15) is 12.9 Å². The molecule has 0 spiro atoms. The molecule has 7 nitrogen and oxygen atoms in total. The van der Waals surface area contributed by atoms with Gasteiger partial charge in [0.25, 0.3) is 0 Å². The number of fused-ring (bicyclic) bond motifs is 15. The minimum Gasteiger partial charge on any atom is -0.399 e. The number of nitrogens with two attached hydrogens (primary N) is 1. The van der Waals surface area contributed by atoms with Crippen LogP contribution in [0.2, 0.25) is 0 Å². The lowest BCUT2D eigenvalue weighted by Crippen LogP contribution is -2.52. The van der Waals surface area contributed by atoms with Gasteiger partial charge in [0, 0.05) is 23.3 Å². The normalized spacial score (nSPS) is 53.2. The largest absolute Gasteiger partial charge is 0.399 e. The van der Waals surface area contributed by atoms with Gasteiger partial charge >= 0.3 is 0 Å². The van der Waals surface area contributed by atoms with Crippen LogP contribution in [0, 0.1) is 85.8 Å². The Morgan fingerprint density at radius 1 is 0.508 bits per heavy atom. The molecule has 0 heterocycles. The topological polar surface area (TPSA) is 125 Å². The first-order valence-electron chi connectivity index (χ1n) is 27.4. The van der Waals surface area contributed by atoms with E-state index in [1.165, 1.54) is 88.3 Å². The van der Waals surface area contributed by atoms with Crippen LogP contribution in [0.15, 0.2) is 40.1 Å². The number of carbonyl (C=O) groups is 1. The molecule has 0 amide bonds. The summed E-state index contributed by atoms with van der Waals surface area (Å²) in [6.07, 6.45) is 34.4. The third kappa shape index (κ3) is 7.34. The fourth-order valence-electron chi connectivity index (χ4n) is 19.8. The van der Waals surface area contributed by atoms with Gasteiger partial charge in [-0.3, -0.25) is 4.79 Å². The highest BCUT2D eigenvalue weighted by Gasteiger charge is 2.61. The zero-order valence-corrected chi connectivity index (χ0v) is 41.9. The van der Waals surface area contributed by atoms with Crippen molar-refractivity contribution < 1.29 is 25.0 Å². The van der Waals surface area contributed by atoms with Crippen LogP contribution in [0.5, 0.6) is 0 Å². The fraction of sp³-hybridized carbons (Fsp3) is 0.862. The summed E-state index contributed by atoms with van der Waals surface area (Å²) in [7, 11) is 1.68. The number of aliphatic hydroxyl groups is 3. The second kappa shape index (κ2) is 17.0. The van der Waals surface area contributed by atoms with Crippen molar-refractivity contribution in [1.29, 1.82) is 0 Å². The molecule has 19 atom stereocenters. The molecule has 9 saturated carbocycles. The van der Waals surface area contributed by atoms with E-state index in [4.69, 9.17) is 10.6 Å². The van der Waals surface area contributed by atoms with E-state index >= 15 is 0 Å². The Morgan fingerprint density at radius 3 is 1.40 bits per heavy atom. The van der Waals surface area contributed by atoms with E-state index in [2.05, 4.69) is 64.9 Å². The van der Waals surface area contributed by atoms with Crippen molar-refractivity contribution in [1.82, 2.24) is 0 Å². The summed E-state index contributed by atoms with van der Waals surface area (Å²) in [5, 5.41) is 34.5. The second-order valence-electron chi connectivity index (χ2n) is 26.3. The lowest BCUT2D eigenvalue weighted by Gasteiger charge is -2.57. The number of aliphatic hydroxyl groups excluding tert-OH is 3. The van der Waals surface area contributed by atoms with Crippen LogP contribution >= 0.6 is 0 Å². The van der Waals surface area contributed by atoms with Crippen molar-refractivity contribution in [2.45, 2.75) is 220 Å². The Balaban J connectivity index is 0.000000115. The average molecular weight is 895 g/mol. The number of allylic oxidation sites excluding steroid dienone is 3. The average Bonchev–Trinajstić information content (AvgIpc) is 3.90. The van der Waals surface area contributed by atoms with Gasteiger partial charge in [-0.25, -0.2) is 0 Å². The van der Waals surface area contributed by atoms with Crippen LogP contribution < -0.4 is 5.73 Å². The molecule has 0 aromatic carbocycles. The number of oxime groups is 1. The Kier molecular flexibility index (Phi) is 12.2. The van der Waals surface area contributed by atoms with E-state index in [1.54, 1.807) is 18.3 Å². The van der Waals surface area contributed by atoms with Gasteiger partial charge in [-0.2, -0.15) is 0 Å². The van der Waals surface area contributed by atoms with Crippen molar-refractivity contribution in [3.8, 4) is 0 Å². The van der Waals surface area contributed by atoms with Crippen molar-refractivity contribution >= 4 is 11.5 Å². The van der Waals surface area contributed by atoms with Gasteiger partial charge in [0.15, 0.2) is 0 Å². The SMILES string of the molecule is CO/N=C1\CCC2C3CC=C4C[C@@H](O)CC[C@]4(C)C3CC[C@]12C.C[C@]12CC[C@H](O)CC1=CCC1C2CC[C@@]2(C)C1CC[C@@H]2N.C[C@]12CC[C@H](O)CC1=CCC1C2CC[C@]2(C)C(=O)CCC12. The van der Waals surface area contributed by atoms with E-state index in [0.29, 0.717) is 45.3 Å². The summed E-state index contributed by atoms with van der Waals surface area (Å²) in [5.74, 6) is 7.49. The second-order valence-corrected chi connectivity index (χ2v) is 26.3. The van der Waals surface area contributed by atoms with Gasteiger partial charge in [0.05, 0.1) is 24.0 Å². The first kappa shape index (κ1) is 46.9. The quantitative estimate of drug-likeness (QED) is 0.153. The molecule has 0 radical (unpaired) electrons. The summed E-state index contributed by atoms with van der Waals surface area (Å²) in [6, 6.07) is 0.426. The lowest BCUT2D eigenvalue weighted by molar-refractivity contribution is -0.132. The molecular formula is C58H90N2O5. The van der Waals surface area contributed by atoms with Crippen LogP contribution in [0.4, 0.5) is 0 Å². The van der Waals surface area contributed by atoms with Gasteiger partial charge < -0.3 is 25.9 Å². The minimum atomic E-state index is -0.122. The molecule has 12 rings (SSSR count). The number of Topliss-reactive ketones (excluding diaryl/α,β-unsaturated/α-hetero) is 1. The minimum absolute atomic E-state index is 0.0168. The summed E-state index contributed by atoms with van der Waals surface area (Å²) >= 11 is 0. The number of carbonyl (C=O) groups excluding carboxylic acids is 1. The predicted octanol–water partition coefficient (Wildman–Crippen LogP) is 11.8. The highest BCUT2D eigenvalue weighted by molar-refractivity contribution is 5.92. The van der Waals surface area contributed by atoms with E-state index in [-0.39, 0.29) is 29.1 Å². The molecule has 9 fully saturated rings. The Labute approximate surface area is 393 Å². The Morgan fingerprint density at radius 2 is 0.908 bits per heavy atom. The van der Waals surface area contributed by atoms with Crippen molar-refractivity contribution in [2.24, 2.45) is 96.6 Å². The highest BCUT2D eigenvalue weighted by atomic mass is 16.6. The van der Waals surface area contributed by atoms with Crippen LogP contribution in [0.3, 0.4) is 0 Å². The van der Waals surface area contributed by atoms with Gasteiger partial charge in [-0.15, -0.1) is 0 Å². The maximum atomic E-state index is 12.4. The number of rotatable bonds is 1. The number of hydrogen-bond donors (Lipinski definition) is 4. The van der Waals surface area contributed by atoms with Crippen LogP contribution in [0.25, 0.3) is 0 Å². The predicted molar refractivity (Wildman–Crippen MR) is 261 cm³/mol. The maximum absolute atomic E-state index is 12.4. The van der Waals surface area contributed by atoms with Crippen LogP contribution in [-0.4, -0.2) is 58.3 Å². The molecule has 5 N–H and O–H groups in total. The van der Waals surface area contributed by atoms with Gasteiger partial charge in [0.2, 0.25) is 0 Å². The zero-order valence-electron chi connectivity index (χ0n) is 41.9. The van der Waals surface area contributed by atoms with Crippen molar-refractivity contribution in [3.63, 3.8) is 0 Å². The molecule has 7 heteroatoms. The number of ketones is 1. The molecule has 12 aliphatic carbocycles. The van der Waals surface area contributed by atoms with E-state index in [0.717, 1.165) is 118 Å². The smallest absolute Gasteiger partial charge is 0.139 e. The Hall–Kier alpha value is -1.80. The fourth-order valence-corrected chi connectivity index (χ4v) is 19.8. The molecule has 12 aliphatic rings. The molecule has 0 aromatic rings. The molecular weight excluding hydrogens is 805 g/mol. The third-order valence-electron chi connectivity index (χ3n) is 24.0. The summed E-state index contributed by atoms with van der Waals surface area (Å²) < 4.78 is 0. The molecule has 362 valence electrons. The number of hydrogen-bond acceptors (Lipinski definition) is 7. The van der Waals surface area contributed by atoms with E-state index in [1.807, 2.05) is 0 Å². The zero-order chi connectivity index (χ0) is 45.9. The van der Waals surface area contributed by atoms with Crippen LogP contribution in [-0.2, 0) is 9.63 Å². The molecule has 0 saturated heterocycles. The lowest BCUT2D eigenvalue weighted by atomic mass is 9.48. The summed E-state index contributed by atoms with van der Waals surface area (Å²) in [6.45, 7) is 14.6. The Bertz CT molecular complexity index is 1970. The maximum Gasteiger partial charge on any atom is 0.139 e. The van der Waals surface area contributed by atoms with E-state index < -0.39 is 0 Å². The molecule has 0 aliphatic heterocycles. The third-order valence-corrected chi connectivity index (χ3v) is 24.0. The van der Waals surface area contributed by atoms with Crippen molar-refractivity contribution in [2.75, 3.05) is 7.11 Å². The van der Waals surface area contributed by atoms with Crippen molar-refractivity contribution in [3.05, 3.63) is 34.9 Å². The number of nitrogens with zero attached hydrogens (tertiary/aromatic N) is 1. The first-order chi connectivity index (χ1) is 30.9. The molecule has 0 aromatic heterocycles. The van der Waals surface area contributed by atoms with Gasteiger partial charge in [-0.05, 0) is 223 Å². The molecule has 0 bridgehead atoms. The summed E-state index contributed by atoms with van der Waals surface area (Å²) in [5.41, 5.74) is 14.1. The van der Waals surface area contributed by atoms with Gasteiger partial charge in [-0.1, -0.05) is 81.6 Å². The van der Waals surface area contributed by atoms with Crippen LogP contribution in [0.1, 0.15) is 196 Å². The standard InChI is InChI=1S/C20H31NO2.C19H31NO.C19H28O2/c1-19-10-8-14(22)12-13(19)4-5-15-16-6-7-18(21-23-3)20(16,2)11-9-17(15)19;1-18-9-7-13(21)11-12(18)3-4-14-15-5-6-17(20)19(15,2)10-8-16(14)18;1-18-9-7-13(20)11-12(18)3-4-14-15-5-6-17(21)19(15,2)10-8-16(14)18/h4,14-17,22H,5-12H2,1-3H3;3,13-17,21H,4-11,20H2,1-2H3;3,13-16,20H,4-11H2,1-2H3/b21-18+;;/t14-,15?,16?,17?,19-,20-;13-,14?,15?,16?,17-,18-,19-;13-,14?,15?,16?,18-,19-/m000/s1. The van der Waals surface area contributed by atoms with E-state index in [9.17, 15) is 20.1 Å². The summed E-state index contributed by atoms with van der Waals surface area (Å²) in [4.78, 5) is 17.5. The monoisotopic (exact) mass is 895 g/mol. The molecule has 9 unspecified atom stereocenters. The highest BCUT2D eigenvalue weighted by Crippen LogP contribution is 2.67.